The summed E-state index contributed by atoms with van der Waals surface area (Å²) in [6.45, 7) is 4.11. The minimum atomic E-state index is -4.69. The monoisotopic (exact) mass is 816 g/mol. The van der Waals surface area contributed by atoms with Gasteiger partial charge in [0, 0.05) is 37.3 Å². The van der Waals surface area contributed by atoms with Crippen molar-refractivity contribution in [3.05, 3.63) is 88.5 Å². The van der Waals surface area contributed by atoms with Crippen LogP contribution in [0.25, 0.3) is 6.08 Å². The van der Waals surface area contributed by atoms with Gasteiger partial charge in [0.1, 0.15) is 30.0 Å². The van der Waals surface area contributed by atoms with Gasteiger partial charge in [-0.2, -0.15) is 13.2 Å². The molecule has 58 heavy (non-hydrogen) atoms. The fraction of sp³-hybridized carbons (Fsp3) is 0.488. The molecule has 6 unspecified atom stereocenters. The molecule has 2 aromatic rings. The number of carbonyl (C=O) groups is 5. The van der Waals surface area contributed by atoms with E-state index in [0.29, 0.717) is 12.8 Å². The predicted octanol–water partition coefficient (Wildman–Crippen LogP) is 3.40. The Labute approximate surface area is 332 Å². The molecule has 1 aliphatic heterocycles. The van der Waals surface area contributed by atoms with Crippen LogP contribution in [0.4, 0.5) is 13.2 Å². The van der Waals surface area contributed by atoms with Gasteiger partial charge in [-0.25, -0.2) is 9.59 Å². The molecule has 0 radical (unpaired) electrons. The molecule has 0 saturated carbocycles. The number of amides is 2. The standard InChI is InChI=1S/C41H47F3N2O12/c1-23(48)34(37(52)45-29(21-47)13-15-33(50)57-39(2,3)4)46-36(51)28-17-30(35-31(18-28)56-40(58-35)19-26-9-5-6-10-27(26)20-40)55-38(53)25-11-7-8-24(16-25)12-14-32(49)54-22-41(42,43)44/h5-12,14,16,18,23,29-31,34-35,47-48H,13,15,17,19-22H2,1-4H3,(H,45,52)(H,46,51). The van der Waals surface area contributed by atoms with E-state index in [1.54, 1.807) is 20.8 Å². The number of esters is 3. The van der Waals surface area contributed by atoms with Crippen molar-refractivity contribution in [3.63, 3.8) is 0 Å². The quantitative estimate of drug-likeness (QED) is 0.124. The molecule has 1 spiro atoms. The first-order valence-corrected chi connectivity index (χ1v) is 18.7. The van der Waals surface area contributed by atoms with E-state index in [4.69, 9.17) is 18.9 Å². The van der Waals surface area contributed by atoms with E-state index in [2.05, 4.69) is 15.4 Å². The number of halogens is 3. The van der Waals surface area contributed by atoms with E-state index in [0.717, 1.165) is 17.2 Å². The fourth-order valence-electron chi connectivity index (χ4n) is 6.83. The molecule has 14 nitrogen and oxygen atoms in total. The highest BCUT2D eigenvalue weighted by molar-refractivity contribution is 5.98. The number of carbonyl (C=O) groups excluding carboxylic acids is 5. The molecule has 2 amide bonds. The summed E-state index contributed by atoms with van der Waals surface area (Å²) < 4.78 is 65.7. The number of aliphatic hydroxyl groups is 2. The summed E-state index contributed by atoms with van der Waals surface area (Å²) in [7, 11) is 0. The van der Waals surface area contributed by atoms with Gasteiger partial charge < -0.3 is 44.5 Å². The van der Waals surface area contributed by atoms with Crippen LogP contribution < -0.4 is 10.6 Å². The van der Waals surface area contributed by atoms with Crippen molar-refractivity contribution in [2.45, 2.75) is 114 Å². The third-order valence-corrected chi connectivity index (χ3v) is 9.41. The molecule has 314 valence electrons. The van der Waals surface area contributed by atoms with Crippen LogP contribution in [0, 0.1) is 0 Å². The van der Waals surface area contributed by atoms with Gasteiger partial charge in [-0.05, 0) is 75.1 Å². The Kier molecular flexibility index (Phi) is 13.8. The van der Waals surface area contributed by atoms with E-state index in [1.165, 1.54) is 43.3 Å². The number of hydrogen-bond acceptors (Lipinski definition) is 12. The molecule has 1 heterocycles. The molecular weight excluding hydrogens is 769 g/mol. The maximum Gasteiger partial charge on any atom is 0.422 e. The van der Waals surface area contributed by atoms with Gasteiger partial charge in [0.05, 0.1) is 24.3 Å². The van der Waals surface area contributed by atoms with Gasteiger partial charge in [0.15, 0.2) is 12.4 Å². The highest BCUT2D eigenvalue weighted by Crippen LogP contribution is 2.45. The second-order valence-electron chi connectivity index (χ2n) is 15.4. The third kappa shape index (κ3) is 12.0. The first kappa shape index (κ1) is 44.0. The van der Waals surface area contributed by atoms with Crippen LogP contribution >= 0.6 is 0 Å². The molecule has 2 aromatic carbocycles. The molecule has 2 aliphatic carbocycles. The Morgan fingerprint density at radius 3 is 2.31 bits per heavy atom. The van der Waals surface area contributed by atoms with Gasteiger partial charge in [0.2, 0.25) is 11.8 Å². The number of alkyl halides is 3. The molecular formula is C41H47F3N2O12. The zero-order valence-electron chi connectivity index (χ0n) is 32.4. The maximum absolute atomic E-state index is 13.8. The summed E-state index contributed by atoms with van der Waals surface area (Å²) in [6.07, 6.45) is -4.98. The van der Waals surface area contributed by atoms with E-state index in [-0.39, 0.29) is 36.0 Å². The van der Waals surface area contributed by atoms with Crippen molar-refractivity contribution < 1.29 is 71.0 Å². The largest absolute Gasteiger partial charge is 0.460 e. The van der Waals surface area contributed by atoms with Gasteiger partial charge in [-0.15, -0.1) is 0 Å². The van der Waals surface area contributed by atoms with Crippen LogP contribution in [-0.2, 0) is 55.7 Å². The molecule has 1 fully saturated rings. The topological polar surface area (TPSA) is 196 Å². The molecule has 6 atom stereocenters. The summed E-state index contributed by atoms with van der Waals surface area (Å²) in [4.78, 5) is 64.8. The van der Waals surface area contributed by atoms with Crippen molar-refractivity contribution in [1.29, 1.82) is 0 Å². The van der Waals surface area contributed by atoms with Crippen molar-refractivity contribution in [2.24, 2.45) is 0 Å². The van der Waals surface area contributed by atoms with Crippen LogP contribution in [0.1, 0.15) is 74.0 Å². The maximum atomic E-state index is 13.8. The molecule has 0 bridgehead atoms. The van der Waals surface area contributed by atoms with Crippen LogP contribution in [0.15, 0.2) is 66.3 Å². The SMILES string of the molecule is CC(O)C(NC(=O)C1=CC2OC3(Cc4ccccc4C3)OC2C(OC(=O)c2cccc(C=CC(=O)OCC(F)(F)F)c2)C1)C(=O)NC(CO)CCC(=O)OC(C)(C)C. The van der Waals surface area contributed by atoms with Crippen molar-refractivity contribution >= 4 is 35.8 Å². The highest BCUT2D eigenvalue weighted by Gasteiger charge is 2.55. The smallest absolute Gasteiger partial charge is 0.422 e. The number of hydrogen-bond donors (Lipinski definition) is 4. The Balaban J connectivity index is 1.31. The van der Waals surface area contributed by atoms with Gasteiger partial charge in [-0.3, -0.25) is 14.4 Å². The molecule has 0 aromatic heterocycles. The minimum absolute atomic E-state index is 0.0146. The van der Waals surface area contributed by atoms with E-state index in [1.807, 2.05) is 24.3 Å². The number of nitrogens with one attached hydrogen (secondary N) is 2. The van der Waals surface area contributed by atoms with Crippen LogP contribution in [0.5, 0.6) is 0 Å². The van der Waals surface area contributed by atoms with E-state index < -0.39 is 97.0 Å². The normalized spacial score (nSPS) is 21.3. The first-order valence-electron chi connectivity index (χ1n) is 18.7. The second-order valence-corrected chi connectivity index (χ2v) is 15.4. The lowest BCUT2D eigenvalue weighted by Crippen LogP contribution is -2.55. The number of fused-ring (bicyclic) bond motifs is 2. The van der Waals surface area contributed by atoms with E-state index >= 15 is 0 Å². The molecule has 17 heteroatoms. The van der Waals surface area contributed by atoms with Crippen molar-refractivity contribution in [3.8, 4) is 0 Å². The van der Waals surface area contributed by atoms with Gasteiger partial charge in [-0.1, -0.05) is 36.4 Å². The number of aliphatic hydroxyl groups excluding tert-OH is 2. The summed E-state index contributed by atoms with van der Waals surface area (Å²) in [5.41, 5.74) is 1.63. The average molecular weight is 817 g/mol. The zero-order valence-corrected chi connectivity index (χ0v) is 32.4. The van der Waals surface area contributed by atoms with E-state index in [9.17, 15) is 47.4 Å². The summed E-state index contributed by atoms with van der Waals surface area (Å²) in [5.74, 6) is -5.35. The molecule has 5 rings (SSSR count). The lowest BCUT2D eigenvalue weighted by Gasteiger charge is -2.31. The number of ether oxygens (including phenoxy) is 5. The first-order chi connectivity index (χ1) is 27.2. The fourth-order valence-corrected chi connectivity index (χ4v) is 6.83. The Morgan fingerprint density at radius 1 is 1.00 bits per heavy atom. The average Bonchev–Trinajstić information content (AvgIpc) is 3.70. The highest BCUT2D eigenvalue weighted by atomic mass is 19.4. The lowest BCUT2D eigenvalue weighted by molar-refractivity contribution is -0.182. The Bertz CT molecular complexity index is 1900. The lowest BCUT2D eigenvalue weighted by atomic mass is 9.91. The minimum Gasteiger partial charge on any atom is -0.460 e. The van der Waals surface area contributed by atoms with Crippen LogP contribution in [0.2, 0.25) is 0 Å². The number of benzene rings is 2. The summed E-state index contributed by atoms with van der Waals surface area (Å²) in [5, 5.41) is 25.6. The molecule has 4 N–H and O–H groups in total. The Morgan fingerprint density at radius 2 is 1.69 bits per heavy atom. The second kappa shape index (κ2) is 18.2. The van der Waals surface area contributed by atoms with Gasteiger partial charge >= 0.3 is 24.1 Å². The molecule has 1 saturated heterocycles. The van der Waals surface area contributed by atoms with Gasteiger partial charge in [0.25, 0.3) is 0 Å². The zero-order chi connectivity index (χ0) is 42.4. The van der Waals surface area contributed by atoms with Crippen LogP contribution in [-0.4, -0.2) is 107 Å². The third-order valence-electron chi connectivity index (χ3n) is 9.41. The van der Waals surface area contributed by atoms with Crippen LogP contribution in [0.3, 0.4) is 0 Å². The summed E-state index contributed by atoms with van der Waals surface area (Å²) in [6, 6.07) is 11.0. The predicted molar refractivity (Wildman–Crippen MR) is 198 cm³/mol. The Hall–Kier alpha value is -5.10. The number of rotatable bonds is 14. The molecule has 3 aliphatic rings. The summed E-state index contributed by atoms with van der Waals surface area (Å²) >= 11 is 0. The van der Waals surface area contributed by atoms with Crippen molar-refractivity contribution in [2.75, 3.05) is 13.2 Å². The van der Waals surface area contributed by atoms with Crippen molar-refractivity contribution in [1.82, 2.24) is 10.6 Å².